The van der Waals surface area contributed by atoms with E-state index in [0.29, 0.717) is 29.4 Å². The van der Waals surface area contributed by atoms with Gasteiger partial charge < -0.3 is 15.2 Å². The zero-order valence-electron chi connectivity index (χ0n) is 10.8. The van der Waals surface area contributed by atoms with E-state index in [1.807, 2.05) is 13.8 Å². The van der Waals surface area contributed by atoms with Crippen LogP contribution < -0.4 is 15.2 Å². The Hall–Kier alpha value is -1.53. The molecule has 0 aromatic heterocycles. The number of nitro groups is 1. The molecule has 1 aliphatic heterocycles. The first kappa shape index (κ1) is 15.5. The molecule has 0 aliphatic carbocycles. The molecule has 1 aromatic rings. The van der Waals surface area contributed by atoms with E-state index in [1.165, 1.54) is 6.07 Å². The number of hydrogen-bond donors (Lipinski definition) is 1. The second-order valence-electron chi connectivity index (χ2n) is 4.76. The normalized spacial score (nSPS) is 14.1. The van der Waals surface area contributed by atoms with Crippen LogP contribution in [0, 0.1) is 16.0 Å². The van der Waals surface area contributed by atoms with Crippen molar-refractivity contribution in [3.63, 3.8) is 0 Å². The lowest BCUT2D eigenvalue weighted by Crippen LogP contribution is -2.14. The highest BCUT2D eigenvalue weighted by molar-refractivity contribution is 5.85. The number of halogens is 1. The standard InChI is InChI=1S/C12H16N2O4.ClH/c1-7(2)3-9(13)8-4-11-12(18-6-17-11)5-10(8)14(15)16;/h4-5,7,9H,3,6,13H2,1-2H3;1H/t9-;/m0./s1. The molecule has 0 spiro atoms. The molecule has 1 aliphatic rings. The first-order valence-corrected chi connectivity index (χ1v) is 5.82. The molecule has 0 bridgehead atoms. The molecule has 106 valence electrons. The topological polar surface area (TPSA) is 87.6 Å². The van der Waals surface area contributed by atoms with E-state index in [9.17, 15) is 10.1 Å². The Morgan fingerprint density at radius 1 is 1.37 bits per heavy atom. The average Bonchev–Trinajstić information content (AvgIpc) is 2.72. The van der Waals surface area contributed by atoms with Gasteiger partial charge in [0.05, 0.1) is 16.6 Å². The molecule has 2 N–H and O–H groups in total. The second-order valence-corrected chi connectivity index (χ2v) is 4.76. The summed E-state index contributed by atoms with van der Waals surface area (Å²) in [6, 6.07) is 2.63. The van der Waals surface area contributed by atoms with Gasteiger partial charge in [0.1, 0.15) is 0 Å². The number of hydrogen-bond acceptors (Lipinski definition) is 5. The maximum atomic E-state index is 11.1. The van der Waals surface area contributed by atoms with Crippen molar-refractivity contribution in [1.29, 1.82) is 0 Å². The van der Waals surface area contributed by atoms with E-state index in [4.69, 9.17) is 15.2 Å². The van der Waals surface area contributed by atoms with Crippen molar-refractivity contribution < 1.29 is 14.4 Å². The molecular formula is C12H17ClN2O4. The molecule has 0 saturated carbocycles. The summed E-state index contributed by atoms with van der Waals surface area (Å²) in [7, 11) is 0. The Morgan fingerprint density at radius 2 is 1.95 bits per heavy atom. The molecule has 1 aromatic carbocycles. The molecule has 1 heterocycles. The third kappa shape index (κ3) is 3.27. The van der Waals surface area contributed by atoms with Gasteiger partial charge in [0, 0.05) is 6.04 Å². The van der Waals surface area contributed by atoms with Crippen molar-refractivity contribution >= 4 is 18.1 Å². The van der Waals surface area contributed by atoms with Gasteiger partial charge in [-0.2, -0.15) is 0 Å². The number of rotatable bonds is 4. The lowest BCUT2D eigenvalue weighted by atomic mass is 9.96. The number of nitrogens with two attached hydrogens (primary N) is 1. The third-order valence-corrected chi connectivity index (χ3v) is 2.84. The van der Waals surface area contributed by atoms with Crippen LogP contribution in [0.15, 0.2) is 12.1 Å². The highest BCUT2D eigenvalue weighted by Crippen LogP contribution is 2.40. The number of nitrogens with zero attached hydrogens (tertiary/aromatic N) is 1. The molecule has 0 radical (unpaired) electrons. The van der Waals surface area contributed by atoms with Crippen molar-refractivity contribution in [3.8, 4) is 11.5 Å². The van der Waals surface area contributed by atoms with Crippen LogP contribution in [0.2, 0.25) is 0 Å². The quantitative estimate of drug-likeness (QED) is 0.680. The number of benzene rings is 1. The van der Waals surface area contributed by atoms with Crippen molar-refractivity contribution in [2.45, 2.75) is 26.3 Å². The molecule has 7 heteroatoms. The Labute approximate surface area is 117 Å². The molecule has 0 fully saturated rings. The Kier molecular flexibility index (Phi) is 4.97. The average molecular weight is 289 g/mol. The maximum Gasteiger partial charge on any atom is 0.278 e. The van der Waals surface area contributed by atoms with Gasteiger partial charge in [-0.3, -0.25) is 10.1 Å². The fraction of sp³-hybridized carbons (Fsp3) is 0.500. The van der Waals surface area contributed by atoms with Crippen molar-refractivity contribution in [3.05, 3.63) is 27.8 Å². The van der Waals surface area contributed by atoms with E-state index in [2.05, 4.69) is 0 Å². The van der Waals surface area contributed by atoms with Gasteiger partial charge in [0.2, 0.25) is 6.79 Å². The van der Waals surface area contributed by atoms with Crippen molar-refractivity contribution in [1.82, 2.24) is 0 Å². The largest absolute Gasteiger partial charge is 0.454 e. The van der Waals surface area contributed by atoms with Crippen LogP contribution in [-0.4, -0.2) is 11.7 Å². The molecule has 1 atom stereocenters. The minimum absolute atomic E-state index is 0. The molecule has 0 unspecified atom stereocenters. The van der Waals surface area contributed by atoms with E-state index in [-0.39, 0.29) is 30.9 Å². The smallest absolute Gasteiger partial charge is 0.278 e. The summed E-state index contributed by atoms with van der Waals surface area (Å²) in [5.41, 5.74) is 6.52. The lowest BCUT2D eigenvalue weighted by molar-refractivity contribution is -0.385. The summed E-state index contributed by atoms with van der Waals surface area (Å²) in [4.78, 5) is 10.6. The maximum absolute atomic E-state index is 11.1. The third-order valence-electron chi connectivity index (χ3n) is 2.84. The van der Waals surface area contributed by atoms with Crippen LogP contribution in [0.3, 0.4) is 0 Å². The molecule has 2 rings (SSSR count). The summed E-state index contributed by atoms with van der Waals surface area (Å²) < 4.78 is 10.4. The lowest BCUT2D eigenvalue weighted by Gasteiger charge is -2.15. The number of ether oxygens (including phenoxy) is 2. The van der Waals surface area contributed by atoms with Gasteiger partial charge in [-0.25, -0.2) is 0 Å². The van der Waals surface area contributed by atoms with Crippen LogP contribution in [-0.2, 0) is 0 Å². The second kappa shape index (κ2) is 6.08. The molecule has 19 heavy (non-hydrogen) atoms. The number of nitro benzene ring substituents is 1. The Balaban J connectivity index is 0.00000180. The van der Waals surface area contributed by atoms with Gasteiger partial charge in [0.15, 0.2) is 11.5 Å². The monoisotopic (exact) mass is 288 g/mol. The molecular weight excluding hydrogens is 272 g/mol. The van der Waals surface area contributed by atoms with E-state index in [0.717, 1.165) is 0 Å². The molecule has 0 amide bonds. The van der Waals surface area contributed by atoms with Gasteiger partial charge in [-0.05, 0) is 18.4 Å². The zero-order chi connectivity index (χ0) is 13.3. The predicted octanol–water partition coefficient (Wildman–Crippen LogP) is 2.79. The van der Waals surface area contributed by atoms with Crippen LogP contribution in [0.5, 0.6) is 11.5 Å². The minimum atomic E-state index is -0.433. The predicted molar refractivity (Wildman–Crippen MR) is 72.9 cm³/mol. The van der Waals surface area contributed by atoms with Gasteiger partial charge in [-0.1, -0.05) is 13.8 Å². The summed E-state index contributed by atoms with van der Waals surface area (Å²) >= 11 is 0. The number of fused-ring (bicyclic) bond motifs is 1. The first-order chi connectivity index (χ1) is 8.49. The first-order valence-electron chi connectivity index (χ1n) is 5.82. The summed E-state index contributed by atoms with van der Waals surface area (Å²) in [5.74, 6) is 1.29. The minimum Gasteiger partial charge on any atom is -0.454 e. The summed E-state index contributed by atoms with van der Waals surface area (Å²) in [6.07, 6.45) is 0.681. The van der Waals surface area contributed by atoms with Crippen molar-refractivity contribution in [2.24, 2.45) is 11.7 Å². The molecule has 6 nitrogen and oxygen atoms in total. The van der Waals surface area contributed by atoms with Gasteiger partial charge in [-0.15, -0.1) is 12.4 Å². The van der Waals surface area contributed by atoms with E-state index in [1.54, 1.807) is 6.07 Å². The van der Waals surface area contributed by atoms with Crippen molar-refractivity contribution in [2.75, 3.05) is 6.79 Å². The fourth-order valence-corrected chi connectivity index (χ4v) is 2.04. The summed E-state index contributed by atoms with van der Waals surface area (Å²) in [5, 5.41) is 11.1. The van der Waals surface area contributed by atoms with Crippen LogP contribution >= 0.6 is 12.4 Å². The molecule has 0 saturated heterocycles. The Morgan fingerprint density at radius 3 is 2.47 bits per heavy atom. The van der Waals surface area contributed by atoms with Crippen LogP contribution in [0.4, 0.5) is 5.69 Å². The zero-order valence-corrected chi connectivity index (χ0v) is 11.6. The SMILES string of the molecule is CC(C)C[C@H](N)c1cc2c(cc1[N+](=O)[O-])OCO2.Cl. The highest BCUT2D eigenvalue weighted by Gasteiger charge is 2.26. The summed E-state index contributed by atoms with van der Waals surface area (Å²) in [6.45, 7) is 4.15. The Bertz CT molecular complexity index is 479. The highest BCUT2D eigenvalue weighted by atomic mass is 35.5. The van der Waals surface area contributed by atoms with Crippen LogP contribution in [0.25, 0.3) is 0 Å². The van der Waals surface area contributed by atoms with E-state index >= 15 is 0 Å². The van der Waals surface area contributed by atoms with Crippen LogP contribution in [0.1, 0.15) is 31.9 Å². The van der Waals surface area contributed by atoms with E-state index < -0.39 is 4.92 Å². The van der Waals surface area contributed by atoms with Gasteiger partial charge >= 0.3 is 0 Å². The van der Waals surface area contributed by atoms with Gasteiger partial charge in [0.25, 0.3) is 5.69 Å². The fourth-order valence-electron chi connectivity index (χ4n) is 2.04.